The lowest BCUT2D eigenvalue weighted by molar-refractivity contribution is 0.170. The zero-order chi connectivity index (χ0) is 18.8. The SMILES string of the molecule is CC1(C)CC(Nc2cc([C@H]3CCOC3)nc(NCCO)n2)CC(C)(C)N1. The first kappa shape index (κ1) is 19.3. The molecule has 2 fully saturated rings. The summed E-state index contributed by atoms with van der Waals surface area (Å²) in [5.74, 6) is 1.73. The van der Waals surface area contributed by atoms with E-state index in [4.69, 9.17) is 9.84 Å². The van der Waals surface area contributed by atoms with Crippen molar-refractivity contribution in [2.45, 2.75) is 70.0 Å². The van der Waals surface area contributed by atoms with E-state index in [1.165, 1.54) is 0 Å². The number of aliphatic hydroxyl groups excluding tert-OH is 1. The molecule has 3 heterocycles. The summed E-state index contributed by atoms with van der Waals surface area (Å²) in [6.07, 6.45) is 3.05. The van der Waals surface area contributed by atoms with Crippen molar-refractivity contribution in [3.05, 3.63) is 11.8 Å². The molecule has 1 atom stereocenters. The van der Waals surface area contributed by atoms with Gasteiger partial charge in [0.05, 0.1) is 18.9 Å². The number of hydrogen-bond donors (Lipinski definition) is 4. The summed E-state index contributed by atoms with van der Waals surface area (Å²) in [6.45, 7) is 11.0. The van der Waals surface area contributed by atoms with E-state index in [9.17, 15) is 0 Å². The van der Waals surface area contributed by atoms with Gasteiger partial charge in [-0.25, -0.2) is 4.98 Å². The summed E-state index contributed by atoms with van der Waals surface area (Å²) < 4.78 is 5.53. The van der Waals surface area contributed by atoms with E-state index in [-0.39, 0.29) is 17.7 Å². The second kappa shape index (κ2) is 7.66. The predicted molar refractivity (Wildman–Crippen MR) is 104 cm³/mol. The second-order valence-electron chi connectivity index (χ2n) is 8.85. The Morgan fingerprint density at radius 2 is 1.96 bits per heavy atom. The number of nitrogens with one attached hydrogen (secondary N) is 3. The summed E-state index contributed by atoms with van der Waals surface area (Å²) in [5, 5.41) is 19.5. The lowest BCUT2D eigenvalue weighted by Crippen LogP contribution is -2.60. The molecule has 3 rings (SSSR count). The molecule has 0 bridgehead atoms. The van der Waals surface area contributed by atoms with Crippen molar-refractivity contribution >= 4 is 11.8 Å². The molecule has 7 nitrogen and oxygen atoms in total. The van der Waals surface area contributed by atoms with E-state index < -0.39 is 0 Å². The maximum Gasteiger partial charge on any atom is 0.224 e. The van der Waals surface area contributed by atoms with Crippen LogP contribution in [0.4, 0.5) is 11.8 Å². The van der Waals surface area contributed by atoms with Gasteiger partial charge in [-0.15, -0.1) is 0 Å². The van der Waals surface area contributed by atoms with Gasteiger partial charge in [-0.1, -0.05) is 0 Å². The predicted octanol–water partition coefficient (Wildman–Crippen LogP) is 2.11. The number of hydrogen-bond acceptors (Lipinski definition) is 7. The topological polar surface area (TPSA) is 91.3 Å². The van der Waals surface area contributed by atoms with Gasteiger partial charge in [-0.05, 0) is 47.0 Å². The highest BCUT2D eigenvalue weighted by molar-refractivity contribution is 5.44. The van der Waals surface area contributed by atoms with Crippen molar-refractivity contribution in [2.24, 2.45) is 0 Å². The standard InChI is InChI=1S/C19H33N5O2/c1-18(2)10-14(11-19(3,4)24-18)21-16-9-15(13-5-8-26-12-13)22-17(23-16)20-6-7-25/h9,13-14,24-25H,5-8,10-12H2,1-4H3,(H2,20,21,22,23)/t13-/m0/s1. The van der Waals surface area contributed by atoms with Crippen molar-refractivity contribution in [3.63, 3.8) is 0 Å². The summed E-state index contributed by atoms with van der Waals surface area (Å²) in [7, 11) is 0. The maximum atomic E-state index is 9.09. The van der Waals surface area contributed by atoms with Gasteiger partial charge >= 0.3 is 0 Å². The molecule has 2 saturated heterocycles. The molecule has 0 spiro atoms. The van der Waals surface area contributed by atoms with Crippen LogP contribution in [0.3, 0.4) is 0 Å². The Kier molecular flexibility index (Phi) is 5.69. The molecule has 0 aliphatic carbocycles. The number of rotatable bonds is 6. The minimum atomic E-state index is 0.0551. The van der Waals surface area contributed by atoms with E-state index in [0.29, 0.717) is 31.1 Å². The second-order valence-corrected chi connectivity index (χ2v) is 8.85. The van der Waals surface area contributed by atoms with E-state index >= 15 is 0 Å². The molecule has 1 aromatic rings. The smallest absolute Gasteiger partial charge is 0.224 e. The number of ether oxygens (including phenoxy) is 1. The Balaban J connectivity index is 1.80. The zero-order valence-corrected chi connectivity index (χ0v) is 16.4. The Hall–Kier alpha value is -1.44. The first-order chi connectivity index (χ1) is 12.3. The number of nitrogens with zero attached hydrogens (tertiary/aromatic N) is 2. The van der Waals surface area contributed by atoms with Crippen molar-refractivity contribution in [1.29, 1.82) is 0 Å². The minimum Gasteiger partial charge on any atom is -0.395 e. The highest BCUT2D eigenvalue weighted by atomic mass is 16.5. The highest BCUT2D eigenvalue weighted by Gasteiger charge is 2.37. The fraction of sp³-hybridized carbons (Fsp3) is 0.789. The first-order valence-corrected chi connectivity index (χ1v) is 9.64. The molecule has 0 aromatic carbocycles. The van der Waals surface area contributed by atoms with Gasteiger partial charge in [0.25, 0.3) is 0 Å². The Bertz CT molecular complexity index is 598. The van der Waals surface area contributed by atoms with E-state index in [1.54, 1.807) is 0 Å². The van der Waals surface area contributed by atoms with Crippen LogP contribution in [0.1, 0.15) is 58.6 Å². The van der Waals surface area contributed by atoms with Crippen LogP contribution in [-0.4, -0.2) is 58.6 Å². The average molecular weight is 364 g/mol. The van der Waals surface area contributed by atoms with Crippen LogP contribution < -0.4 is 16.0 Å². The molecule has 146 valence electrons. The van der Waals surface area contributed by atoms with E-state index in [1.807, 2.05) is 0 Å². The van der Waals surface area contributed by atoms with Gasteiger partial charge < -0.3 is 25.8 Å². The van der Waals surface area contributed by atoms with Gasteiger partial charge in [-0.3, -0.25) is 0 Å². The van der Waals surface area contributed by atoms with Crippen molar-refractivity contribution < 1.29 is 9.84 Å². The van der Waals surface area contributed by atoms with Crippen LogP contribution in [0.5, 0.6) is 0 Å². The van der Waals surface area contributed by atoms with Gasteiger partial charge in [0, 0.05) is 42.3 Å². The molecule has 0 radical (unpaired) electrons. The van der Waals surface area contributed by atoms with Gasteiger partial charge in [-0.2, -0.15) is 4.98 Å². The van der Waals surface area contributed by atoms with Gasteiger partial charge in [0.2, 0.25) is 5.95 Å². The highest BCUT2D eigenvalue weighted by Crippen LogP contribution is 2.31. The van der Waals surface area contributed by atoms with Crippen LogP contribution >= 0.6 is 0 Å². The summed E-state index contributed by atoms with van der Waals surface area (Å²) in [6, 6.07) is 2.40. The molecule has 0 amide bonds. The van der Waals surface area contributed by atoms with Crippen LogP contribution in [0.2, 0.25) is 0 Å². The molecule has 2 aliphatic rings. The number of aliphatic hydroxyl groups is 1. The fourth-order valence-electron chi connectivity index (χ4n) is 4.40. The third kappa shape index (κ3) is 5.05. The molecule has 0 unspecified atom stereocenters. The first-order valence-electron chi connectivity index (χ1n) is 9.64. The molecule has 26 heavy (non-hydrogen) atoms. The molecule has 1 aromatic heterocycles. The van der Waals surface area contributed by atoms with Crippen molar-refractivity contribution in [1.82, 2.24) is 15.3 Å². The third-order valence-electron chi connectivity index (χ3n) is 5.03. The molecular formula is C19H33N5O2. The van der Waals surface area contributed by atoms with Crippen molar-refractivity contribution in [2.75, 3.05) is 37.0 Å². The monoisotopic (exact) mass is 363 g/mol. The Morgan fingerprint density at radius 3 is 2.58 bits per heavy atom. The van der Waals surface area contributed by atoms with Crippen LogP contribution in [-0.2, 0) is 4.74 Å². The van der Waals surface area contributed by atoms with E-state index in [2.05, 4.69) is 59.7 Å². The lowest BCUT2D eigenvalue weighted by Gasteiger charge is -2.46. The average Bonchev–Trinajstić information content (AvgIpc) is 3.04. The number of piperidine rings is 1. The summed E-state index contributed by atoms with van der Waals surface area (Å²) in [5.41, 5.74) is 1.16. The lowest BCUT2D eigenvalue weighted by atomic mass is 9.79. The van der Waals surface area contributed by atoms with Gasteiger partial charge in [0.15, 0.2) is 0 Å². The van der Waals surface area contributed by atoms with Gasteiger partial charge in [0.1, 0.15) is 5.82 Å². The largest absolute Gasteiger partial charge is 0.395 e. The minimum absolute atomic E-state index is 0.0551. The Morgan fingerprint density at radius 1 is 1.23 bits per heavy atom. The van der Waals surface area contributed by atoms with Crippen LogP contribution in [0, 0.1) is 0 Å². The summed E-state index contributed by atoms with van der Waals surface area (Å²) >= 11 is 0. The molecular weight excluding hydrogens is 330 g/mol. The van der Waals surface area contributed by atoms with Crippen molar-refractivity contribution in [3.8, 4) is 0 Å². The quantitative estimate of drug-likeness (QED) is 0.615. The molecule has 2 aliphatic heterocycles. The number of anilines is 2. The van der Waals surface area contributed by atoms with Crippen LogP contribution in [0.15, 0.2) is 6.07 Å². The molecule has 7 heteroatoms. The fourth-order valence-corrected chi connectivity index (χ4v) is 4.40. The molecule has 0 saturated carbocycles. The molecule has 4 N–H and O–H groups in total. The summed E-state index contributed by atoms with van der Waals surface area (Å²) in [4.78, 5) is 9.26. The Labute approximate surface area is 156 Å². The third-order valence-corrected chi connectivity index (χ3v) is 5.03. The normalized spacial score (nSPS) is 25.2. The van der Waals surface area contributed by atoms with E-state index in [0.717, 1.165) is 37.4 Å². The number of aromatic nitrogens is 2. The van der Waals surface area contributed by atoms with Crippen LogP contribution in [0.25, 0.3) is 0 Å². The zero-order valence-electron chi connectivity index (χ0n) is 16.4. The maximum absolute atomic E-state index is 9.09.